The summed E-state index contributed by atoms with van der Waals surface area (Å²) in [5, 5.41) is 0. The molecule has 3 heteroatoms. The van der Waals surface area contributed by atoms with E-state index in [2.05, 4.69) is 15.9 Å². The Balaban J connectivity index is 2.11. The summed E-state index contributed by atoms with van der Waals surface area (Å²) in [5.41, 5.74) is 0.671. The average Bonchev–Trinajstić information content (AvgIpc) is 2.73. The lowest BCUT2D eigenvalue weighted by molar-refractivity contribution is 0.104. The fourth-order valence-electron chi connectivity index (χ4n) is 1.27. The number of hydrogen-bond acceptors (Lipinski definition) is 2. The van der Waals surface area contributed by atoms with Gasteiger partial charge in [-0.3, -0.25) is 4.79 Å². The first-order valence-electron chi connectivity index (χ1n) is 4.78. The number of hydrogen-bond donors (Lipinski definition) is 0. The monoisotopic (exact) mass is 276 g/mol. The number of benzene rings is 1. The zero-order valence-corrected chi connectivity index (χ0v) is 9.98. The summed E-state index contributed by atoms with van der Waals surface area (Å²) in [6, 6.07) is 12.7. The summed E-state index contributed by atoms with van der Waals surface area (Å²) in [6.45, 7) is 0. The van der Waals surface area contributed by atoms with Crippen molar-refractivity contribution in [2.24, 2.45) is 0 Å². The number of ketones is 1. The van der Waals surface area contributed by atoms with Crippen molar-refractivity contribution in [1.82, 2.24) is 0 Å². The minimum atomic E-state index is -0.0341. The van der Waals surface area contributed by atoms with Crippen molar-refractivity contribution in [3.05, 3.63) is 64.5 Å². The van der Waals surface area contributed by atoms with Crippen molar-refractivity contribution in [2.75, 3.05) is 0 Å². The molecule has 0 spiro atoms. The van der Waals surface area contributed by atoms with Gasteiger partial charge in [-0.25, -0.2) is 0 Å². The van der Waals surface area contributed by atoms with E-state index in [-0.39, 0.29) is 5.78 Å². The molecule has 0 unspecified atom stereocenters. The van der Waals surface area contributed by atoms with Gasteiger partial charge in [0.25, 0.3) is 0 Å². The first kappa shape index (κ1) is 10.9. The maximum Gasteiger partial charge on any atom is 0.185 e. The van der Waals surface area contributed by atoms with Crippen LogP contribution in [0.5, 0.6) is 0 Å². The Kier molecular flexibility index (Phi) is 3.37. The van der Waals surface area contributed by atoms with E-state index in [0.717, 1.165) is 0 Å². The fourth-order valence-corrected chi connectivity index (χ4v) is 1.59. The summed E-state index contributed by atoms with van der Waals surface area (Å²) in [7, 11) is 0. The molecule has 2 aromatic rings. The highest BCUT2D eigenvalue weighted by Crippen LogP contribution is 2.15. The maximum absolute atomic E-state index is 11.7. The number of rotatable bonds is 3. The van der Waals surface area contributed by atoms with Crippen molar-refractivity contribution in [3.63, 3.8) is 0 Å². The Morgan fingerprint density at radius 2 is 1.88 bits per heavy atom. The molecule has 1 heterocycles. The second kappa shape index (κ2) is 4.94. The molecule has 0 radical (unpaired) electrons. The fraction of sp³-hybridized carbons (Fsp3) is 0. The third-order valence-electron chi connectivity index (χ3n) is 2.05. The molecule has 0 aliphatic rings. The molecule has 80 valence electrons. The molecular formula is C13H9BrO2. The van der Waals surface area contributed by atoms with Crippen LogP contribution in [-0.4, -0.2) is 5.78 Å². The summed E-state index contributed by atoms with van der Waals surface area (Å²) in [4.78, 5) is 11.7. The molecule has 1 aromatic heterocycles. The average molecular weight is 277 g/mol. The van der Waals surface area contributed by atoms with Gasteiger partial charge in [0, 0.05) is 5.56 Å². The van der Waals surface area contributed by atoms with Crippen LogP contribution in [0.4, 0.5) is 0 Å². The molecular weight excluding hydrogens is 268 g/mol. The van der Waals surface area contributed by atoms with E-state index in [1.807, 2.05) is 18.2 Å². The van der Waals surface area contributed by atoms with Crippen LogP contribution < -0.4 is 0 Å². The van der Waals surface area contributed by atoms with E-state index in [0.29, 0.717) is 16.0 Å². The maximum atomic E-state index is 11.7. The third kappa shape index (κ3) is 2.70. The van der Waals surface area contributed by atoms with Gasteiger partial charge in [-0.05, 0) is 40.2 Å². The van der Waals surface area contributed by atoms with Gasteiger partial charge in [0.15, 0.2) is 10.5 Å². The lowest BCUT2D eigenvalue weighted by Crippen LogP contribution is -1.92. The smallest absolute Gasteiger partial charge is 0.185 e. The number of carbonyl (C=O) groups excluding carboxylic acids is 1. The van der Waals surface area contributed by atoms with Crippen LogP contribution in [0, 0.1) is 0 Å². The van der Waals surface area contributed by atoms with Crippen molar-refractivity contribution >= 4 is 27.8 Å². The summed E-state index contributed by atoms with van der Waals surface area (Å²) < 4.78 is 5.90. The SMILES string of the molecule is O=C(/C=C/c1ccc(Br)o1)c1ccccc1. The minimum Gasteiger partial charge on any atom is -0.450 e. The van der Waals surface area contributed by atoms with Crippen LogP contribution in [0.25, 0.3) is 6.08 Å². The predicted molar refractivity (Wildman–Crippen MR) is 66.2 cm³/mol. The number of carbonyl (C=O) groups is 1. The molecule has 0 saturated heterocycles. The molecule has 0 atom stereocenters. The summed E-state index contributed by atoms with van der Waals surface area (Å²) >= 11 is 3.20. The van der Waals surface area contributed by atoms with Crippen LogP contribution in [0.2, 0.25) is 0 Å². The van der Waals surface area contributed by atoms with Gasteiger partial charge in [0.1, 0.15) is 5.76 Å². The van der Waals surface area contributed by atoms with Gasteiger partial charge < -0.3 is 4.42 Å². The molecule has 0 aliphatic carbocycles. The first-order chi connectivity index (χ1) is 7.75. The minimum absolute atomic E-state index is 0.0341. The van der Waals surface area contributed by atoms with E-state index in [9.17, 15) is 4.79 Å². The zero-order valence-electron chi connectivity index (χ0n) is 8.39. The van der Waals surface area contributed by atoms with Crippen LogP contribution in [0.3, 0.4) is 0 Å². The Bertz CT molecular complexity index is 512. The Morgan fingerprint density at radius 3 is 2.50 bits per heavy atom. The molecule has 0 bridgehead atoms. The molecule has 0 N–H and O–H groups in total. The lowest BCUT2D eigenvalue weighted by Gasteiger charge is -1.92. The van der Waals surface area contributed by atoms with Crippen molar-refractivity contribution in [2.45, 2.75) is 0 Å². The number of halogens is 1. The van der Waals surface area contributed by atoms with Gasteiger partial charge in [0.2, 0.25) is 0 Å². The molecule has 0 saturated carbocycles. The normalized spacial score (nSPS) is 10.8. The van der Waals surface area contributed by atoms with E-state index in [1.54, 1.807) is 30.3 Å². The van der Waals surface area contributed by atoms with Crippen LogP contribution in [0.1, 0.15) is 16.1 Å². The quantitative estimate of drug-likeness (QED) is 0.628. The molecule has 2 nitrogen and oxygen atoms in total. The van der Waals surface area contributed by atoms with Crippen LogP contribution >= 0.6 is 15.9 Å². The van der Waals surface area contributed by atoms with E-state index >= 15 is 0 Å². The highest BCUT2D eigenvalue weighted by molar-refractivity contribution is 9.10. The summed E-state index contributed by atoms with van der Waals surface area (Å²) in [5.74, 6) is 0.615. The second-order valence-corrected chi connectivity index (χ2v) is 3.99. The lowest BCUT2D eigenvalue weighted by atomic mass is 10.1. The molecule has 2 rings (SSSR count). The number of allylic oxidation sites excluding steroid dienone is 1. The first-order valence-corrected chi connectivity index (χ1v) is 5.58. The molecule has 0 fully saturated rings. The second-order valence-electron chi connectivity index (χ2n) is 3.21. The topological polar surface area (TPSA) is 30.2 Å². The van der Waals surface area contributed by atoms with Gasteiger partial charge in [-0.1, -0.05) is 30.3 Å². The Hall–Kier alpha value is -1.61. The Morgan fingerprint density at radius 1 is 1.12 bits per heavy atom. The van der Waals surface area contributed by atoms with E-state index in [4.69, 9.17) is 4.42 Å². The van der Waals surface area contributed by atoms with Crippen molar-refractivity contribution in [3.8, 4) is 0 Å². The highest BCUT2D eigenvalue weighted by Gasteiger charge is 2.00. The van der Waals surface area contributed by atoms with Crippen LogP contribution in [0.15, 0.2) is 57.6 Å². The number of furan rings is 1. The van der Waals surface area contributed by atoms with Crippen LogP contribution in [-0.2, 0) is 0 Å². The van der Waals surface area contributed by atoms with E-state index < -0.39 is 0 Å². The Labute approximate surface area is 102 Å². The third-order valence-corrected chi connectivity index (χ3v) is 2.48. The zero-order chi connectivity index (χ0) is 11.4. The molecule has 0 amide bonds. The molecule has 1 aromatic carbocycles. The highest BCUT2D eigenvalue weighted by atomic mass is 79.9. The van der Waals surface area contributed by atoms with Crippen molar-refractivity contribution in [1.29, 1.82) is 0 Å². The standard InChI is InChI=1S/C13H9BrO2/c14-13-9-7-11(16-13)6-8-12(15)10-4-2-1-3-5-10/h1-9H/b8-6+. The predicted octanol–water partition coefficient (Wildman–Crippen LogP) is 3.94. The molecule has 16 heavy (non-hydrogen) atoms. The van der Waals surface area contributed by atoms with Gasteiger partial charge >= 0.3 is 0 Å². The van der Waals surface area contributed by atoms with Gasteiger partial charge in [-0.15, -0.1) is 0 Å². The molecule has 0 aliphatic heterocycles. The largest absolute Gasteiger partial charge is 0.450 e. The summed E-state index contributed by atoms with van der Waals surface area (Å²) in [6.07, 6.45) is 3.15. The van der Waals surface area contributed by atoms with Crippen molar-refractivity contribution < 1.29 is 9.21 Å². The van der Waals surface area contributed by atoms with Gasteiger partial charge in [-0.2, -0.15) is 0 Å². The van der Waals surface area contributed by atoms with E-state index in [1.165, 1.54) is 6.08 Å². The van der Waals surface area contributed by atoms with Gasteiger partial charge in [0.05, 0.1) is 0 Å².